The second kappa shape index (κ2) is 17.5. The lowest BCUT2D eigenvalue weighted by molar-refractivity contribution is -0.906. The van der Waals surface area contributed by atoms with E-state index in [-0.39, 0.29) is 24.0 Å². The molecule has 0 aliphatic rings. The molecule has 242 valence electrons. The van der Waals surface area contributed by atoms with Crippen molar-refractivity contribution in [3.05, 3.63) is 125 Å². The summed E-state index contributed by atoms with van der Waals surface area (Å²) in [5, 5.41) is 0.747. The smallest absolute Gasteiger partial charge is 0.119 e. The first-order valence-electron chi connectivity index (χ1n) is 16.0. The van der Waals surface area contributed by atoms with Crippen LogP contribution in [0.15, 0.2) is 104 Å². The number of halogens is 2. The first-order chi connectivity index (χ1) is 21.9. The maximum absolute atomic E-state index is 6.10. The van der Waals surface area contributed by atoms with E-state index < -0.39 is 0 Å². The Balaban J connectivity index is 0.00000480. The van der Waals surface area contributed by atoms with E-state index in [4.69, 9.17) is 26.1 Å². The Hall–Kier alpha value is -3.40. The highest BCUT2D eigenvalue weighted by atomic mass is 127. The number of pyridine rings is 1. The van der Waals surface area contributed by atoms with Crippen molar-refractivity contribution in [3.8, 4) is 28.4 Å². The van der Waals surface area contributed by atoms with Crippen LogP contribution < -0.4 is 33.5 Å². The summed E-state index contributed by atoms with van der Waals surface area (Å²) in [6.45, 7) is 9.24. The normalized spacial score (nSPS) is 11.2. The summed E-state index contributed by atoms with van der Waals surface area (Å²) in [6.07, 6.45) is 9.37. The van der Waals surface area contributed by atoms with Gasteiger partial charge in [0.15, 0.2) is 0 Å². The van der Waals surface area contributed by atoms with Crippen molar-refractivity contribution in [2.75, 3.05) is 39.9 Å². The predicted octanol–water partition coefficient (Wildman–Crippen LogP) is 5.25. The summed E-state index contributed by atoms with van der Waals surface area (Å²) in [5.74, 6) is 2.74. The van der Waals surface area contributed by atoms with E-state index in [0.717, 1.165) is 95.7 Å². The van der Waals surface area contributed by atoms with Crippen molar-refractivity contribution >= 4 is 11.6 Å². The van der Waals surface area contributed by atoms with E-state index in [2.05, 4.69) is 79.1 Å². The van der Waals surface area contributed by atoms with Gasteiger partial charge in [-0.1, -0.05) is 29.8 Å². The largest absolute Gasteiger partial charge is 1.00 e. The van der Waals surface area contributed by atoms with Crippen LogP contribution in [-0.4, -0.2) is 58.9 Å². The quantitative estimate of drug-likeness (QED) is 0.0786. The minimum Gasteiger partial charge on any atom is -1.00 e. The number of benzene rings is 3. The molecule has 0 unspecified atom stereocenters. The van der Waals surface area contributed by atoms with Crippen molar-refractivity contribution in [1.82, 2.24) is 14.5 Å². The first-order valence-corrected chi connectivity index (χ1v) is 16.3. The third-order valence-corrected chi connectivity index (χ3v) is 8.87. The molecule has 6 nitrogen and oxygen atoms in total. The summed E-state index contributed by atoms with van der Waals surface area (Å²) in [5.41, 5.74) is 5.43. The van der Waals surface area contributed by atoms with E-state index in [1.165, 1.54) is 11.1 Å². The van der Waals surface area contributed by atoms with Gasteiger partial charge in [-0.25, -0.2) is 4.98 Å². The van der Waals surface area contributed by atoms with Crippen LogP contribution >= 0.6 is 11.6 Å². The van der Waals surface area contributed by atoms with Gasteiger partial charge in [-0.2, -0.15) is 0 Å². The number of quaternary nitrogens is 1. The molecule has 5 aromatic rings. The fourth-order valence-corrected chi connectivity index (χ4v) is 5.42. The number of aryl methyl sites for hydroxylation is 2. The minimum absolute atomic E-state index is 0. The Morgan fingerprint density at radius 2 is 1.43 bits per heavy atom. The van der Waals surface area contributed by atoms with E-state index in [0.29, 0.717) is 6.61 Å². The summed E-state index contributed by atoms with van der Waals surface area (Å²) in [7, 11) is 2.31. The zero-order valence-corrected chi connectivity index (χ0v) is 30.0. The molecule has 3 aromatic carbocycles. The summed E-state index contributed by atoms with van der Waals surface area (Å²) >= 11 is 6.00. The Kier molecular flexibility index (Phi) is 13.5. The maximum Gasteiger partial charge on any atom is 0.119 e. The Bertz CT molecular complexity index is 1600. The Morgan fingerprint density at radius 1 is 0.761 bits per heavy atom. The molecule has 0 fully saturated rings. The highest BCUT2D eigenvalue weighted by Gasteiger charge is 2.16. The van der Waals surface area contributed by atoms with Crippen molar-refractivity contribution in [2.45, 2.75) is 39.5 Å². The molecule has 8 heteroatoms. The van der Waals surface area contributed by atoms with Gasteiger partial charge in [0.25, 0.3) is 0 Å². The van der Waals surface area contributed by atoms with E-state index in [1.54, 1.807) is 0 Å². The van der Waals surface area contributed by atoms with Crippen LogP contribution in [0, 0.1) is 0 Å². The van der Waals surface area contributed by atoms with Gasteiger partial charge in [0.2, 0.25) is 0 Å². The third-order valence-electron chi connectivity index (χ3n) is 8.61. The van der Waals surface area contributed by atoms with Crippen molar-refractivity contribution < 1.29 is 37.9 Å². The molecule has 0 atom stereocenters. The first kappa shape index (κ1) is 35.5. The SMILES string of the molecule is CC[N+](C)(CC)CCCOc1ccc(-n2cc(-c3ccc(OCCc4ccc(Cl)cc4)cc3)nc2CCc2cccnc2)cc1.[I-]. The molecule has 0 aliphatic heterocycles. The molecule has 5 rings (SSSR count). The second-order valence-corrected chi connectivity index (χ2v) is 12.1. The van der Waals surface area contributed by atoms with Crippen molar-refractivity contribution in [1.29, 1.82) is 0 Å². The number of hydrogen-bond donors (Lipinski definition) is 0. The molecule has 46 heavy (non-hydrogen) atoms. The molecule has 0 saturated carbocycles. The summed E-state index contributed by atoms with van der Waals surface area (Å²) in [6, 6.07) is 28.5. The van der Waals surface area contributed by atoms with Gasteiger partial charge in [0.05, 0.1) is 45.6 Å². The van der Waals surface area contributed by atoms with Crippen molar-refractivity contribution in [3.63, 3.8) is 0 Å². The number of aromatic nitrogens is 3. The fraction of sp³-hybridized carbons (Fsp3) is 0.316. The van der Waals surface area contributed by atoms with Gasteiger partial charge >= 0.3 is 0 Å². The van der Waals surface area contributed by atoms with Gasteiger partial charge in [-0.05, 0) is 98.1 Å². The molecule has 0 amide bonds. The molecule has 2 heterocycles. The van der Waals surface area contributed by atoms with Crippen LogP contribution in [0.2, 0.25) is 5.02 Å². The third kappa shape index (κ3) is 10.0. The van der Waals surface area contributed by atoms with Crippen LogP contribution in [0.25, 0.3) is 16.9 Å². The lowest BCUT2D eigenvalue weighted by Gasteiger charge is -2.32. The number of rotatable bonds is 16. The standard InChI is InChI=1S/C38H44ClN4O2.HI/c1-4-43(3,5-2)25-7-26-44-36-20-16-34(17-21-36)42-29-37(41-38(42)22-11-31-8-6-24-40-28-31)32-12-18-35(19-13-32)45-27-23-30-9-14-33(39)15-10-30;/h6,8-10,12-21,24,28-29H,4-5,7,11,22-23,25-27H2,1-3H3;1H/q+1;/p-1. The lowest BCUT2D eigenvalue weighted by Crippen LogP contribution is -3.00. The molecule has 2 aromatic heterocycles. The lowest BCUT2D eigenvalue weighted by atomic mass is 10.1. The van der Waals surface area contributed by atoms with Gasteiger partial charge in [0, 0.05) is 54.1 Å². The zero-order valence-electron chi connectivity index (χ0n) is 27.0. The number of imidazole rings is 1. The average Bonchev–Trinajstić information content (AvgIpc) is 3.52. The molecular formula is C38H44ClIN4O2. The topological polar surface area (TPSA) is 49.2 Å². The molecule has 0 N–H and O–H groups in total. The number of nitrogens with zero attached hydrogens (tertiary/aromatic N) is 4. The molecule has 0 aliphatic carbocycles. The zero-order chi connectivity index (χ0) is 31.5. The van der Waals surface area contributed by atoms with E-state index in [9.17, 15) is 0 Å². The summed E-state index contributed by atoms with van der Waals surface area (Å²) in [4.78, 5) is 9.38. The average molecular weight is 751 g/mol. The Morgan fingerprint density at radius 3 is 2.09 bits per heavy atom. The molecule has 0 radical (unpaired) electrons. The van der Waals surface area contributed by atoms with Crippen LogP contribution in [-0.2, 0) is 19.3 Å². The monoisotopic (exact) mass is 750 g/mol. The van der Waals surface area contributed by atoms with Crippen molar-refractivity contribution in [2.24, 2.45) is 0 Å². The van der Waals surface area contributed by atoms with Crippen LogP contribution in [0.4, 0.5) is 0 Å². The van der Waals surface area contributed by atoms with E-state index in [1.807, 2.05) is 54.9 Å². The molecular weight excluding hydrogens is 707 g/mol. The van der Waals surface area contributed by atoms with E-state index >= 15 is 0 Å². The van der Waals surface area contributed by atoms with Crippen LogP contribution in [0.1, 0.15) is 37.2 Å². The highest BCUT2D eigenvalue weighted by Crippen LogP contribution is 2.26. The van der Waals surface area contributed by atoms with Gasteiger partial charge in [0.1, 0.15) is 17.3 Å². The number of hydrogen-bond acceptors (Lipinski definition) is 4. The van der Waals surface area contributed by atoms with Gasteiger partial charge in [-0.15, -0.1) is 0 Å². The highest BCUT2D eigenvalue weighted by molar-refractivity contribution is 6.30. The Labute approximate surface area is 296 Å². The summed E-state index contributed by atoms with van der Waals surface area (Å²) < 4.78 is 15.4. The van der Waals surface area contributed by atoms with Crippen LogP contribution in [0.3, 0.4) is 0 Å². The minimum atomic E-state index is 0. The van der Waals surface area contributed by atoms with Gasteiger partial charge < -0.3 is 42.5 Å². The second-order valence-electron chi connectivity index (χ2n) is 11.7. The van der Waals surface area contributed by atoms with Crippen LogP contribution in [0.5, 0.6) is 11.5 Å². The molecule has 0 bridgehead atoms. The predicted molar refractivity (Wildman–Crippen MR) is 184 cm³/mol. The number of ether oxygens (including phenoxy) is 2. The van der Waals surface area contributed by atoms with Gasteiger partial charge in [-0.3, -0.25) is 4.98 Å². The fourth-order valence-electron chi connectivity index (χ4n) is 5.30. The maximum atomic E-state index is 6.10. The molecule has 0 saturated heterocycles. The molecule has 0 spiro atoms.